The summed E-state index contributed by atoms with van der Waals surface area (Å²) in [5.41, 5.74) is 2.79. The standard InChI is InChI=1S/C26H39FO/c1-4-6-20-8-13-23(14-9-20)25-17-15-22(19(3)26(25)27)12-10-21-11-16-24(7-5-2)28-18-21/h10,12,15,17,20-21,23-24H,4-9,11,13-14,16,18H2,1-3H3/b12-10+. The predicted molar refractivity (Wildman–Crippen MR) is 117 cm³/mol. The smallest absolute Gasteiger partial charge is 0.130 e. The fourth-order valence-electron chi connectivity index (χ4n) is 5.15. The molecule has 1 aliphatic heterocycles. The second-order valence-electron chi connectivity index (χ2n) is 9.13. The van der Waals surface area contributed by atoms with E-state index in [0.29, 0.717) is 17.9 Å². The number of hydrogen-bond acceptors (Lipinski definition) is 1. The maximum atomic E-state index is 15.1. The Balaban J connectivity index is 1.60. The number of benzene rings is 1. The van der Waals surface area contributed by atoms with Gasteiger partial charge in [0.2, 0.25) is 0 Å². The van der Waals surface area contributed by atoms with Crippen LogP contribution in [0.3, 0.4) is 0 Å². The van der Waals surface area contributed by atoms with Crippen LogP contribution in [-0.4, -0.2) is 12.7 Å². The molecule has 0 spiro atoms. The molecule has 1 aromatic rings. The third-order valence-electron chi connectivity index (χ3n) is 7.01. The number of hydrogen-bond donors (Lipinski definition) is 0. The van der Waals surface area contributed by atoms with Crippen LogP contribution in [0.1, 0.15) is 101 Å². The third-order valence-corrected chi connectivity index (χ3v) is 7.01. The van der Waals surface area contributed by atoms with Crippen LogP contribution in [0.2, 0.25) is 0 Å². The first-order valence-electron chi connectivity index (χ1n) is 11.7. The monoisotopic (exact) mass is 386 g/mol. The molecule has 2 fully saturated rings. The van der Waals surface area contributed by atoms with E-state index in [1.807, 2.05) is 6.92 Å². The van der Waals surface area contributed by atoms with Crippen molar-refractivity contribution in [2.75, 3.05) is 6.61 Å². The lowest BCUT2D eigenvalue weighted by molar-refractivity contribution is -0.00823. The lowest BCUT2D eigenvalue weighted by atomic mass is 9.76. The lowest BCUT2D eigenvalue weighted by Gasteiger charge is -2.29. The first-order valence-corrected chi connectivity index (χ1v) is 11.7. The van der Waals surface area contributed by atoms with E-state index in [-0.39, 0.29) is 5.82 Å². The van der Waals surface area contributed by atoms with Gasteiger partial charge in [0.1, 0.15) is 5.82 Å². The molecule has 0 N–H and O–H groups in total. The van der Waals surface area contributed by atoms with Gasteiger partial charge in [0, 0.05) is 5.92 Å². The molecule has 2 atom stereocenters. The van der Waals surface area contributed by atoms with Crippen molar-refractivity contribution in [1.29, 1.82) is 0 Å². The molecule has 2 aliphatic rings. The largest absolute Gasteiger partial charge is 0.378 e. The Kier molecular flexibility index (Phi) is 8.14. The number of ether oxygens (including phenoxy) is 1. The Morgan fingerprint density at radius 1 is 1.00 bits per heavy atom. The summed E-state index contributed by atoms with van der Waals surface area (Å²) in [4.78, 5) is 0. The Morgan fingerprint density at radius 2 is 1.75 bits per heavy atom. The molecule has 1 aromatic carbocycles. The van der Waals surface area contributed by atoms with Crippen molar-refractivity contribution in [3.63, 3.8) is 0 Å². The summed E-state index contributed by atoms with van der Waals surface area (Å²) in [5.74, 6) is 1.77. The zero-order valence-corrected chi connectivity index (χ0v) is 18.2. The zero-order valence-electron chi connectivity index (χ0n) is 18.2. The first kappa shape index (κ1) is 21.6. The van der Waals surface area contributed by atoms with Gasteiger partial charge in [0.05, 0.1) is 12.7 Å². The van der Waals surface area contributed by atoms with Gasteiger partial charge in [-0.1, -0.05) is 57.4 Å². The summed E-state index contributed by atoms with van der Waals surface area (Å²) in [6.45, 7) is 7.23. The predicted octanol–water partition coefficient (Wildman–Crippen LogP) is 7.82. The quantitative estimate of drug-likeness (QED) is 0.464. The summed E-state index contributed by atoms with van der Waals surface area (Å²) in [5, 5.41) is 0. The Labute approximate surface area is 171 Å². The maximum Gasteiger partial charge on any atom is 0.130 e. The van der Waals surface area contributed by atoms with Crippen LogP contribution in [0.15, 0.2) is 18.2 Å². The van der Waals surface area contributed by atoms with Gasteiger partial charge >= 0.3 is 0 Å². The molecule has 1 aliphatic carbocycles. The molecule has 3 rings (SSSR count). The van der Waals surface area contributed by atoms with E-state index in [0.717, 1.165) is 48.5 Å². The Morgan fingerprint density at radius 3 is 2.39 bits per heavy atom. The summed E-state index contributed by atoms with van der Waals surface area (Å²) < 4.78 is 21.1. The topological polar surface area (TPSA) is 9.23 Å². The molecular formula is C26H39FO. The first-order chi connectivity index (χ1) is 13.6. The van der Waals surface area contributed by atoms with Crippen LogP contribution in [0.5, 0.6) is 0 Å². The van der Waals surface area contributed by atoms with Crippen molar-refractivity contribution < 1.29 is 9.13 Å². The lowest BCUT2D eigenvalue weighted by Crippen LogP contribution is -2.24. The molecule has 0 aromatic heterocycles. The Hall–Kier alpha value is -1.15. The number of rotatable bonds is 7. The Bertz CT molecular complexity index is 634. The second-order valence-corrected chi connectivity index (χ2v) is 9.13. The van der Waals surface area contributed by atoms with Gasteiger partial charge in [-0.3, -0.25) is 0 Å². The molecule has 2 heteroatoms. The molecule has 2 unspecified atom stereocenters. The fourth-order valence-corrected chi connectivity index (χ4v) is 5.15. The molecule has 0 bridgehead atoms. The van der Waals surface area contributed by atoms with Crippen molar-refractivity contribution >= 4 is 6.08 Å². The van der Waals surface area contributed by atoms with Crippen LogP contribution < -0.4 is 0 Å². The van der Waals surface area contributed by atoms with Gasteiger partial charge in [-0.2, -0.15) is 0 Å². The van der Waals surface area contributed by atoms with E-state index in [2.05, 4.69) is 38.1 Å². The molecule has 1 saturated heterocycles. The van der Waals surface area contributed by atoms with Gasteiger partial charge in [-0.25, -0.2) is 4.39 Å². The van der Waals surface area contributed by atoms with Crippen LogP contribution >= 0.6 is 0 Å². The van der Waals surface area contributed by atoms with E-state index in [1.54, 1.807) is 0 Å². The average Bonchev–Trinajstić information content (AvgIpc) is 2.71. The van der Waals surface area contributed by atoms with Crippen molar-refractivity contribution in [3.05, 3.63) is 40.7 Å². The average molecular weight is 387 g/mol. The summed E-state index contributed by atoms with van der Waals surface area (Å²) in [7, 11) is 0. The highest BCUT2D eigenvalue weighted by atomic mass is 19.1. The van der Waals surface area contributed by atoms with Gasteiger partial charge < -0.3 is 4.74 Å². The van der Waals surface area contributed by atoms with E-state index >= 15 is 4.39 Å². The zero-order chi connectivity index (χ0) is 19.9. The van der Waals surface area contributed by atoms with Gasteiger partial charge in [0.15, 0.2) is 0 Å². The molecule has 28 heavy (non-hydrogen) atoms. The normalized spacial score (nSPS) is 28.7. The summed E-state index contributed by atoms with van der Waals surface area (Å²) in [6.07, 6.45) is 16.9. The maximum absolute atomic E-state index is 15.1. The van der Waals surface area contributed by atoms with Gasteiger partial charge in [0.25, 0.3) is 0 Å². The minimum absolute atomic E-state index is 0.0315. The molecule has 156 valence electrons. The summed E-state index contributed by atoms with van der Waals surface area (Å²) >= 11 is 0. The van der Waals surface area contributed by atoms with Crippen LogP contribution in [0.25, 0.3) is 6.08 Å². The van der Waals surface area contributed by atoms with Crippen molar-refractivity contribution in [1.82, 2.24) is 0 Å². The second kappa shape index (κ2) is 10.6. The molecule has 1 saturated carbocycles. The van der Waals surface area contributed by atoms with Crippen LogP contribution in [0, 0.1) is 24.6 Å². The molecule has 1 nitrogen and oxygen atoms in total. The van der Waals surface area contributed by atoms with Crippen LogP contribution in [0.4, 0.5) is 4.39 Å². The SMILES string of the molecule is CCCC1CCC(c2ccc(/C=C/C3CCC(CCC)OC3)c(C)c2F)CC1. The van der Waals surface area contributed by atoms with Crippen molar-refractivity contribution in [2.24, 2.45) is 11.8 Å². The highest BCUT2D eigenvalue weighted by Gasteiger charge is 2.25. The summed E-state index contributed by atoms with van der Waals surface area (Å²) in [6, 6.07) is 4.19. The van der Waals surface area contributed by atoms with E-state index in [1.165, 1.54) is 44.9 Å². The van der Waals surface area contributed by atoms with Crippen molar-refractivity contribution in [3.8, 4) is 0 Å². The minimum atomic E-state index is 0.0315. The molecule has 1 heterocycles. The molecular weight excluding hydrogens is 347 g/mol. The van der Waals surface area contributed by atoms with Crippen molar-refractivity contribution in [2.45, 2.75) is 97.0 Å². The van der Waals surface area contributed by atoms with E-state index in [4.69, 9.17) is 4.74 Å². The third kappa shape index (κ3) is 5.47. The van der Waals surface area contributed by atoms with Gasteiger partial charge in [-0.15, -0.1) is 0 Å². The fraction of sp³-hybridized carbons (Fsp3) is 0.692. The highest BCUT2D eigenvalue weighted by Crippen LogP contribution is 2.39. The van der Waals surface area contributed by atoms with E-state index < -0.39 is 0 Å². The molecule has 0 amide bonds. The number of halogens is 1. The van der Waals surface area contributed by atoms with Crippen LogP contribution in [-0.2, 0) is 4.74 Å². The minimum Gasteiger partial charge on any atom is -0.378 e. The highest BCUT2D eigenvalue weighted by molar-refractivity contribution is 5.55. The molecule has 0 radical (unpaired) electrons. The van der Waals surface area contributed by atoms with Gasteiger partial charge in [-0.05, 0) is 80.4 Å². The van der Waals surface area contributed by atoms with E-state index in [9.17, 15) is 0 Å².